The summed E-state index contributed by atoms with van der Waals surface area (Å²) in [6.07, 6.45) is 5.33. The van der Waals surface area contributed by atoms with Gasteiger partial charge in [-0.05, 0) is 24.8 Å². The first-order valence-corrected chi connectivity index (χ1v) is 8.64. The summed E-state index contributed by atoms with van der Waals surface area (Å²) in [6.45, 7) is 2.15. The minimum absolute atomic E-state index is 0.00602. The van der Waals surface area contributed by atoms with Gasteiger partial charge in [-0.25, -0.2) is 18.1 Å². The summed E-state index contributed by atoms with van der Waals surface area (Å²) in [4.78, 5) is 4.12. The average Bonchev–Trinajstić information content (AvgIpc) is 2.38. The van der Waals surface area contributed by atoms with Gasteiger partial charge in [0.15, 0.2) is 0 Å². The van der Waals surface area contributed by atoms with E-state index in [0.29, 0.717) is 16.8 Å². The van der Waals surface area contributed by atoms with Gasteiger partial charge in [-0.15, -0.1) is 0 Å². The Morgan fingerprint density at radius 1 is 1.40 bits per heavy atom. The normalized spacial score (nSPS) is 23.6. The van der Waals surface area contributed by atoms with E-state index in [-0.39, 0.29) is 10.9 Å². The number of aromatic nitrogens is 1. The van der Waals surface area contributed by atoms with Crippen LogP contribution in [-0.4, -0.2) is 26.5 Å². The van der Waals surface area contributed by atoms with Crippen molar-refractivity contribution >= 4 is 27.4 Å². The molecule has 0 aliphatic heterocycles. The lowest BCUT2D eigenvalue weighted by atomic mass is 9.88. The summed E-state index contributed by atoms with van der Waals surface area (Å²) in [5, 5.41) is 3.10. The van der Waals surface area contributed by atoms with Crippen LogP contribution in [0.25, 0.3) is 0 Å². The van der Waals surface area contributed by atoms with Crippen LogP contribution in [0.2, 0.25) is 5.02 Å². The molecule has 0 saturated heterocycles. The highest BCUT2D eigenvalue weighted by molar-refractivity contribution is 7.89. The molecule has 1 aliphatic carbocycles. The highest BCUT2D eigenvalue weighted by Crippen LogP contribution is 2.26. The van der Waals surface area contributed by atoms with Crippen molar-refractivity contribution in [1.82, 2.24) is 9.71 Å². The van der Waals surface area contributed by atoms with Crippen LogP contribution < -0.4 is 10.0 Å². The fourth-order valence-electron chi connectivity index (χ4n) is 2.58. The Kier molecular flexibility index (Phi) is 4.88. The molecule has 0 amide bonds. The molecular formula is C13H20ClN3O2S. The fraction of sp³-hybridized carbons (Fsp3) is 0.615. The molecular weight excluding hydrogens is 298 g/mol. The number of hydrogen-bond acceptors (Lipinski definition) is 4. The molecule has 2 N–H and O–H groups in total. The molecule has 1 aliphatic rings. The van der Waals surface area contributed by atoms with E-state index in [1.165, 1.54) is 18.7 Å². The molecule has 20 heavy (non-hydrogen) atoms. The summed E-state index contributed by atoms with van der Waals surface area (Å²) in [7, 11) is -1.87. The van der Waals surface area contributed by atoms with Gasteiger partial charge in [0.2, 0.25) is 10.0 Å². The quantitative estimate of drug-likeness (QED) is 0.895. The molecule has 7 heteroatoms. The molecule has 2 atom stereocenters. The number of hydrogen-bond donors (Lipinski definition) is 2. The molecule has 2 rings (SSSR count). The lowest BCUT2D eigenvalue weighted by molar-refractivity contribution is 0.327. The van der Waals surface area contributed by atoms with Crippen LogP contribution in [0.5, 0.6) is 0 Å². The minimum Gasteiger partial charge on any atom is -0.372 e. The van der Waals surface area contributed by atoms with Gasteiger partial charge in [0, 0.05) is 19.3 Å². The maximum absolute atomic E-state index is 12.3. The summed E-state index contributed by atoms with van der Waals surface area (Å²) in [5.74, 6) is 1.03. The molecule has 0 aromatic carbocycles. The number of rotatable bonds is 4. The molecule has 0 bridgehead atoms. The van der Waals surface area contributed by atoms with E-state index in [1.54, 1.807) is 7.05 Å². The third-order valence-corrected chi connectivity index (χ3v) is 5.40. The standard InChI is InChI=1S/C13H20ClN3O2S/c1-9-4-3-5-10(6-9)17-20(18,19)11-7-12(14)13(15-2)16-8-11/h7-10,17H,3-6H2,1-2H3,(H,15,16). The monoisotopic (exact) mass is 317 g/mol. The third-order valence-electron chi connectivity index (χ3n) is 3.62. The van der Waals surface area contributed by atoms with Gasteiger partial charge < -0.3 is 5.32 Å². The molecule has 1 aromatic rings. The maximum Gasteiger partial charge on any atom is 0.242 e. The van der Waals surface area contributed by atoms with Gasteiger partial charge in [-0.2, -0.15) is 0 Å². The van der Waals surface area contributed by atoms with Gasteiger partial charge >= 0.3 is 0 Å². The number of pyridine rings is 1. The van der Waals surface area contributed by atoms with Gasteiger partial charge in [-0.1, -0.05) is 31.4 Å². The largest absolute Gasteiger partial charge is 0.372 e. The van der Waals surface area contributed by atoms with E-state index >= 15 is 0 Å². The van der Waals surface area contributed by atoms with Crippen molar-refractivity contribution in [3.8, 4) is 0 Å². The van der Waals surface area contributed by atoms with Crippen molar-refractivity contribution < 1.29 is 8.42 Å². The molecule has 5 nitrogen and oxygen atoms in total. The highest BCUT2D eigenvalue weighted by atomic mass is 35.5. The van der Waals surface area contributed by atoms with Crippen LogP contribution in [0, 0.1) is 5.92 Å². The third kappa shape index (κ3) is 3.62. The van der Waals surface area contributed by atoms with Crippen LogP contribution in [0.15, 0.2) is 17.2 Å². The smallest absolute Gasteiger partial charge is 0.242 e. The first-order chi connectivity index (χ1) is 9.42. The Balaban J connectivity index is 2.15. The van der Waals surface area contributed by atoms with Crippen LogP contribution in [0.3, 0.4) is 0 Å². The van der Waals surface area contributed by atoms with Gasteiger partial charge in [0.1, 0.15) is 10.7 Å². The van der Waals surface area contributed by atoms with Crippen LogP contribution in [0.4, 0.5) is 5.82 Å². The summed E-state index contributed by atoms with van der Waals surface area (Å²) < 4.78 is 27.4. The second-order valence-electron chi connectivity index (χ2n) is 5.34. The van der Waals surface area contributed by atoms with Gasteiger partial charge in [0.25, 0.3) is 0 Å². The van der Waals surface area contributed by atoms with Crippen molar-refractivity contribution in [2.24, 2.45) is 5.92 Å². The molecule has 0 radical (unpaired) electrons. The Labute approximate surface area is 125 Å². The zero-order valence-electron chi connectivity index (χ0n) is 11.7. The lowest BCUT2D eigenvalue weighted by Gasteiger charge is -2.27. The molecule has 112 valence electrons. The SMILES string of the molecule is CNc1ncc(S(=O)(=O)NC2CCCC(C)C2)cc1Cl. The first-order valence-electron chi connectivity index (χ1n) is 6.78. The van der Waals surface area contributed by atoms with Crippen molar-refractivity contribution in [1.29, 1.82) is 0 Å². The molecule has 1 aromatic heterocycles. The second-order valence-corrected chi connectivity index (χ2v) is 7.46. The van der Waals surface area contributed by atoms with Crippen molar-refractivity contribution in [2.75, 3.05) is 12.4 Å². The summed E-state index contributed by atoms with van der Waals surface area (Å²) in [5.41, 5.74) is 0. The van der Waals surface area contributed by atoms with Crippen LogP contribution in [-0.2, 0) is 10.0 Å². The van der Waals surface area contributed by atoms with Crippen molar-refractivity contribution in [2.45, 2.75) is 43.5 Å². The topological polar surface area (TPSA) is 71.1 Å². The van der Waals surface area contributed by atoms with E-state index in [9.17, 15) is 8.42 Å². The summed E-state index contributed by atoms with van der Waals surface area (Å²) in [6, 6.07) is 1.43. The number of halogens is 1. The predicted molar refractivity (Wildman–Crippen MR) is 80.5 cm³/mol. The van der Waals surface area contributed by atoms with Crippen molar-refractivity contribution in [3.05, 3.63) is 17.3 Å². The molecule has 1 fully saturated rings. The Bertz CT molecular complexity index is 577. The number of nitrogens with one attached hydrogen (secondary N) is 2. The average molecular weight is 318 g/mol. The van der Waals surface area contributed by atoms with E-state index in [4.69, 9.17) is 11.6 Å². The zero-order valence-corrected chi connectivity index (χ0v) is 13.3. The molecule has 1 saturated carbocycles. The Morgan fingerprint density at radius 3 is 2.75 bits per heavy atom. The summed E-state index contributed by atoms with van der Waals surface area (Å²) >= 11 is 5.98. The van der Waals surface area contributed by atoms with E-state index in [2.05, 4.69) is 21.9 Å². The van der Waals surface area contributed by atoms with Crippen LogP contribution in [0.1, 0.15) is 32.6 Å². The number of sulfonamides is 1. The molecule has 2 unspecified atom stereocenters. The lowest BCUT2D eigenvalue weighted by Crippen LogP contribution is -2.38. The minimum atomic E-state index is -3.56. The predicted octanol–water partition coefficient (Wildman–Crippen LogP) is 2.63. The van der Waals surface area contributed by atoms with E-state index < -0.39 is 10.0 Å². The Hall–Kier alpha value is -0.850. The zero-order chi connectivity index (χ0) is 14.8. The fourth-order valence-corrected chi connectivity index (χ4v) is 4.16. The van der Waals surface area contributed by atoms with Crippen LogP contribution >= 0.6 is 11.6 Å². The van der Waals surface area contributed by atoms with Gasteiger partial charge in [-0.3, -0.25) is 0 Å². The maximum atomic E-state index is 12.3. The van der Waals surface area contributed by atoms with E-state index in [1.807, 2.05) is 0 Å². The molecule has 1 heterocycles. The first kappa shape index (κ1) is 15.5. The molecule has 0 spiro atoms. The van der Waals surface area contributed by atoms with Gasteiger partial charge in [0.05, 0.1) is 5.02 Å². The highest BCUT2D eigenvalue weighted by Gasteiger charge is 2.25. The number of anilines is 1. The second kappa shape index (κ2) is 6.28. The Morgan fingerprint density at radius 2 is 2.15 bits per heavy atom. The van der Waals surface area contributed by atoms with E-state index in [0.717, 1.165) is 19.3 Å². The van der Waals surface area contributed by atoms with Crippen molar-refractivity contribution in [3.63, 3.8) is 0 Å². The number of nitrogens with zero attached hydrogens (tertiary/aromatic N) is 1.